The van der Waals surface area contributed by atoms with E-state index < -0.39 is 0 Å². The van der Waals surface area contributed by atoms with Gasteiger partial charge in [0.15, 0.2) is 11.5 Å². The molecule has 1 aromatic heterocycles. The molecule has 0 atom stereocenters. The van der Waals surface area contributed by atoms with Crippen molar-refractivity contribution in [2.24, 2.45) is 0 Å². The van der Waals surface area contributed by atoms with Gasteiger partial charge in [0.25, 0.3) is 0 Å². The van der Waals surface area contributed by atoms with Crippen LogP contribution in [0.5, 0.6) is 34.5 Å². The van der Waals surface area contributed by atoms with Crippen molar-refractivity contribution in [2.75, 3.05) is 21.3 Å². The van der Waals surface area contributed by atoms with Gasteiger partial charge in [-0.05, 0) is 0 Å². The van der Waals surface area contributed by atoms with E-state index >= 15 is 0 Å². The number of benzene rings is 2. The Labute approximate surface area is 159 Å². The Balaban J connectivity index is 0.00000243. The number of hydrogen-bond donors (Lipinski definition) is 3. The van der Waals surface area contributed by atoms with Crippen molar-refractivity contribution in [3.05, 3.63) is 30.3 Å². The second kappa shape index (κ2) is 7.57. The molecule has 138 valence electrons. The normalized spacial score (nSPS) is 10.3. The molecule has 1 heterocycles. The van der Waals surface area contributed by atoms with Gasteiger partial charge < -0.3 is 46.5 Å². The van der Waals surface area contributed by atoms with Gasteiger partial charge in [-0.2, -0.15) is 0 Å². The zero-order valence-electron chi connectivity index (χ0n) is 14.2. The number of rotatable bonds is 4. The molecule has 8 heteroatoms. The lowest BCUT2D eigenvalue weighted by Gasteiger charge is -2.09. The third-order valence-corrected chi connectivity index (χ3v) is 3.78. The highest BCUT2D eigenvalue weighted by Crippen LogP contribution is 2.44. The van der Waals surface area contributed by atoms with Crippen molar-refractivity contribution in [1.82, 2.24) is 0 Å². The molecule has 0 amide bonds. The number of phenolic OH excluding ortho intramolecular Hbond substituents is 2. The highest BCUT2D eigenvalue weighted by molar-refractivity contribution is 5.89. The molecule has 0 fully saturated rings. The summed E-state index contributed by atoms with van der Waals surface area (Å²) in [6.45, 7) is 0. The van der Waals surface area contributed by atoms with Crippen molar-refractivity contribution in [3.63, 3.8) is 0 Å². The molecule has 26 heavy (non-hydrogen) atoms. The Bertz CT molecular complexity index is 931. The summed E-state index contributed by atoms with van der Waals surface area (Å²) in [5, 5.41) is 30.7. The van der Waals surface area contributed by atoms with Crippen LogP contribution in [0.25, 0.3) is 22.3 Å². The lowest BCUT2D eigenvalue weighted by Crippen LogP contribution is -3.00. The third kappa shape index (κ3) is 3.28. The Morgan fingerprint density at radius 1 is 0.769 bits per heavy atom. The van der Waals surface area contributed by atoms with Crippen LogP contribution in [0.4, 0.5) is 0 Å². The number of methoxy groups -OCH3 is 3. The fourth-order valence-corrected chi connectivity index (χ4v) is 2.58. The topological polar surface area (TPSA) is 99.7 Å². The summed E-state index contributed by atoms with van der Waals surface area (Å²) in [5.41, 5.74) is 0.740. The first-order valence-electron chi connectivity index (χ1n) is 7.30. The molecule has 0 saturated heterocycles. The summed E-state index contributed by atoms with van der Waals surface area (Å²) >= 11 is 0. The summed E-state index contributed by atoms with van der Waals surface area (Å²) in [4.78, 5) is 0. The highest BCUT2D eigenvalue weighted by atomic mass is 79.9. The minimum atomic E-state index is -0.159. The van der Waals surface area contributed by atoms with Crippen molar-refractivity contribution in [3.8, 4) is 45.8 Å². The van der Waals surface area contributed by atoms with Crippen molar-refractivity contribution >= 4 is 11.0 Å². The van der Waals surface area contributed by atoms with Crippen LogP contribution in [0.3, 0.4) is 0 Å². The molecule has 0 aliphatic rings. The fourth-order valence-electron chi connectivity index (χ4n) is 2.58. The van der Waals surface area contributed by atoms with Crippen molar-refractivity contribution < 1.29 is 50.9 Å². The van der Waals surface area contributed by atoms with Gasteiger partial charge in [0.05, 0.1) is 33.0 Å². The number of aromatic hydroxyl groups is 3. The largest absolute Gasteiger partial charge is 1.00 e. The van der Waals surface area contributed by atoms with Crippen LogP contribution >= 0.6 is 0 Å². The quantitative estimate of drug-likeness (QED) is 0.525. The molecule has 0 saturated carbocycles. The Morgan fingerprint density at radius 3 is 1.88 bits per heavy atom. The molecule has 7 nitrogen and oxygen atoms in total. The monoisotopic (exact) mass is 424 g/mol. The smallest absolute Gasteiger partial charge is 0.402 e. The van der Waals surface area contributed by atoms with Crippen LogP contribution in [-0.4, -0.2) is 36.6 Å². The Hall–Kier alpha value is -2.87. The van der Waals surface area contributed by atoms with Gasteiger partial charge in [-0.1, -0.05) is 0 Å². The number of fused-ring (bicyclic) bond motifs is 1. The first kappa shape index (κ1) is 19.5. The standard InChI is InChI=1S/C18H16O7.BrH/c1-22-13-6-10(19)7-14-11(13)8-12(20)18(25-14)9-4-15(23-2)17(21)16(5-9)24-3;/h4-8H,1-3H3,(H2-,19,20,21);1H. The molecular formula is C18H17BrO7. The second-order valence-corrected chi connectivity index (χ2v) is 5.25. The maximum Gasteiger partial charge on any atom is 0.402 e. The van der Waals surface area contributed by atoms with E-state index in [0.717, 1.165) is 0 Å². The van der Waals surface area contributed by atoms with E-state index in [1.54, 1.807) is 0 Å². The Morgan fingerprint density at radius 2 is 1.35 bits per heavy atom. The summed E-state index contributed by atoms with van der Waals surface area (Å²) in [6.07, 6.45) is 0. The lowest BCUT2D eigenvalue weighted by atomic mass is 10.1. The third-order valence-electron chi connectivity index (χ3n) is 3.78. The molecule has 2 aromatic carbocycles. The molecule has 0 spiro atoms. The van der Waals surface area contributed by atoms with E-state index in [0.29, 0.717) is 22.3 Å². The predicted octanol–water partition coefficient (Wildman–Crippen LogP) is 0.527. The van der Waals surface area contributed by atoms with E-state index in [2.05, 4.69) is 0 Å². The maximum absolute atomic E-state index is 10.4. The van der Waals surface area contributed by atoms with E-state index in [1.165, 1.54) is 51.7 Å². The first-order chi connectivity index (χ1) is 12.0. The molecule has 0 unspecified atom stereocenters. The molecule has 0 aliphatic carbocycles. The van der Waals surface area contributed by atoms with Gasteiger partial charge in [0.1, 0.15) is 16.9 Å². The van der Waals surface area contributed by atoms with Gasteiger partial charge in [-0.3, -0.25) is 0 Å². The highest BCUT2D eigenvalue weighted by Gasteiger charge is 2.26. The number of halogens is 1. The predicted molar refractivity (Wildman–Crippen MR) is 90.7 cm³/mol. The average Bonchev–Trinajstić information content (AvgIpc) is 2.61. The van der Waals surface area contributed by atoms with Crippen LogP contribution < -0.4 is 31.2 Å². The molecule has 3 rings (SSSR count). The molecule has 0 aliphatic heterocycles. The van der Waals surface area contributed by atoms with Crippen LogP contribution in [0.1, 0.15) is 0 Å². The molecular weight excluding hydrogens is 408 g/mol. The fraction of sp³-hybridized carbons (Fsp3) is 0.167. The Kier molecular flexibility index (Phi) is 5.66. The van der Waals surface area contributed by atoms with E-state index in [-0.39, 0.29) is 51.5 Å². The van der Waals surface area contributed by atoms with Gasteiger partial charge >= 0.3 is 11.3 Å². The summed E-state index contributed by atoms with van der Waals surface area (Å²) < 4.78 is 21.2. The minimum absolute atomic E-state index is 0. The van der Waals surface area contributed by atoms with E-state index in [4.69, 9.17) is 18.6 Å². The van der Waals surface area contributed by atoms with E-state index in [1.807, 2.05) is 0 Å². The average molecular weight is 425 g/mol. The maximum atomic E-state index is 10.4. The van der Waals surface area contributed by atoms with Crippen LogP contribution in [-0.2, 0) is 0 Å². The SMILES string of the molecule is COc1cc(-c2[o+]c3cc(O)cc(OC)c3cc2O)cc(OC)c1O.[Br-]. The molecule has 0 bridgehead atoms. The number of hydrogen-bond acceptors (Lipinski definition) is 6. The number of ether oxygens (including phenoxy) is 3. The van der Waals surface area contributed by atoms with Crippen molar-refractivity contribution in [1.29, 1.82) is 0 Å². The summed E-state index contributed by atoms with van der Waals surface area (Å²) in [5.74, 6) is 0.471. The van der Waals surface area contributed by atoms with Crippen LogP contribution in [0.15, 0.2) is 34.7 Å². The lowest BCUT2D eigenvalue weighted by molar-refractivity contribution is -0.00000914. The molecule has 3 aromatic rings. The minimum Gasteiger partial charge on any atom is -1.00 e. The molecule has 0 radical (unpaired) electrons. The zero-order valence-corrected chi connectivity index (χ0v) is 15.8. The van der Waals surface area contributed by atoms with Gasteiger partial charge in [-0.15, -0.1) is 0 Å². The van der Waals surface area contributed by atoms with Crippen LogP contribution in [0, 0.1) is 0 Å². The van der Waals surface area contributed by atoms with Gasteiger partial charge in [0.2, 0.25) is 11.5 Å². The van der Waals surface area contributed by atoms with Gasteiger partial charge in [-0.25, -0.2) is 4.42 Å². The first-order valence-corrected chi connectivity index (χ1v) is 7.30. The van der Waals surface area contributed by atoms with Crippen LogP contribution in [0.2, 0.25) is 0 Å². The zero-order chi connectivity index (χ0) is 18.1. The second-order valence-electron chi connectivity index (χ2n) is 5.25. The van der Waals surface area contributed by atoms with E-state index in [9.17, 15) is 15.3 Å². The van der Waals surface area contributed by atoms with Crippen molar-refractivity contribution in [2.45, 2.75) is 0 Å². The summed E-state index contributed by atoms with van der Waals surface area (Å²) in [6, 6.07) is 7.31. The van der Waals surface area contributed by atoms with Gasteiger partial charge in [0, 0.05) is 24.3 Å². The molecule has 3 N–H and O–H groups in total. The number of phenols is 2. The summed E-state index contributed by atoms with van der Waals surface area (Å²) in [7, 11) is 4.26.